The van der Waals surface area contributed by atoms with E-state index in [1.54, 1.807) is 0 Å². The Kier molecular flexibility index (Phi) is 6.96. The van der Waals surface area contributed by atoms with Gasteiger partial charge < -0.3 is 10.1 Å². The summed E-state index contributed by atoms with van der Waals surface area (Å²) in [6.45, 7) is 2.78. The number of aromatic nitrogens is 5. The Morgan fingerprint density at radius 2 is 2.10 bits per heavy atom. The number of tetrazole rings is 1. The summed E-state index contributed by atoms with van der Waals surface area (Å²) in [5, 5.41) is 18.0. The molecule has 1 fully saturated rings. The van der Waals surface area contributed by atoms with Crippen molar-refractivity contribution in [1.29, 1.82) is 0 Å². The first-order valence-electron chi connectivity index (χ1n) is 10.1. The number of thiazole rings is 1. The number of hydrogen-bond donors (Lipinski definition) is 1. The van der Waals surface area contributed by atoms with Gasteiger partial charge in [-0.3, -0.25) is 4.79 Å². The zero-order valence-electron chi connectivity index (χ0n) is 16.8. The van der Waals surface area contributed by atoms with Gasteiger partial charge in [0, 0.05) is 10.9 Å². The number of carbonyl (C=O) groups excluding carboxylic acids is 1. The fourth-order valence-electron chi connectivity index (χ4n) is 3.35. The molecular weight excluding hydrogens is 420 g/mol. The van der Waals surface area contributed by atoms with Crippen LogP contribution in [0, 0.1) is 0 Å². The maximum atomic E-state index is 12.4. The van der Waals surface area contributed by atoms with Gasteiger partial charge in [-0.25, -0.2) is 9.67 Å². The zero-order valence-corrected chi connectivity index (χ0v) is 18.4. The van der Waals surface area contributed by atoms with Crippen LogP contribution in [0.3, 0.4) is 0 Å². The topological polar surface area (TPSA) is 94.8 Å². The summed E-state index contributed by atoms with van der Waals surface area (Å²) in [7, 11) is 0. The summed E-state index contributed by atoms with van der Waals surface area (Å²) >= 11 is 2.77. The van der Waals surface area contributed by atoms with Crippen molar-refractivity contribution in [3.8, 4) is 17.0 Å². The van der Waals surface area contributed by atoms with Crippen LogP contribution in [0.2, 0.25) is 0 Å². The number of thioether (sulfide) groups is 1. The van der Waals surface area contributed by atoms with E-state index in [9.17, 15) is 4.79 Å². The lowest BCUT2D eigenvalue weighted by molar-refractivity contribution is -0.113. The Labute approximate surface area is 183 Å². The Morgan fingerprint density at radius 3 is 2.87 bits per heavy atom. The van der Waals surface area contributed by atoms with Crippen molar-refractivity contribution >= 4 is 34.1 Å². The van der Waals surface area contributed by atoms with Crippen molar-refractivity contribution < 1.29 is 9.53 Å². The van der Waals surface area contributed by atoms with E-state index < -0.39 is 0 Å². The minimum absolute atomic E-state index is 0.120. The molecule has 1 amide bonds. The van der Waals surface area contributed by atoms with E-state index in [0.29, 0.717) is 22.9 Å². The average molecular weight is 445 g/mol. The molecule has 8 nitrogen and oxygen atoms in total. The lowest BCUT2D eigenvalue weighted by atomic mass is 10.2. The van der Waals surface area contributed by atoms with Crippen molar-refractivity contribution in [2.75, 3.05) is 17.7 Å². The zero-order chi connectivity index (χ0) is 20.8. The summed E-state index contributed by atoms with van der Waals surface area (Å²) < 4.78 is 7.47. The molecule has 1 saturated carbocycles. The first-order chi connectivity index (χ1) is 14.7. The first kappa shape index (κ1) is 20.8. The molecule has 30 heavy (non-hydrogen) atoms. The molecule has 1 N–H and O–H groups in total. The molecule has 0 aliphatic heterocycles. The standard InChI is InChI=1S/C20H24N6O2S2/c1-2-11-28-16-9-7-14(8-10-16)17-12-29-19(21-17)22-18(27)13-30-20-23-24-25-26(20)15-5-3-4-6-15/h7-10,12,15H,2-6,11,13H2,1H3,(H,21,22,27). The fourth-order valence-corrected chi connectivity index (χ4v) is 4.83. The normalized spacial score (nSPS) is 14.2. The van der Waals surface area contributed by atoms with Crippen molar-refractivity contribution in [3.05, 3.63) is 29.6 Å². The van der Waals surface area contributed by atoms with E-state index in [4.69, 9.17) is 4.74 Å². The van der Waals surface area contributed by atoms with Gasteiger partial charge in [0.2, 0.25) is 11.1 Å². The highest BCUT2D eigenvalue weighted by Gasteiger charge is 2.22. The summed E-state index contributed by atoms with van der Waals surface area (Å²) in [6.07, 6.45) is 5.58. The molecule has 0 unspecified atom stereocenters. The molecule has 4 rings (SSSR count). The Hall–Kier alpha value is -2.46. The maximum Gasteiger partial charge on any atom is 0.236 e. The van der Waals surface area contributed by atoms with Crippen LogP contribution < -0.4 is 10.1 Å². The van der Waals surface area contributed by atoms with Crippen LogP contribution in [0.15, 0.2) is 34.8 Å². The van der Waals surface area contributed by atoms with Crippen LogP contribution in [-0.4, -0.2) is 43.5 Å². The van der Waals surface area contributed by atoms with Gasteiger partial charge in [-0.1, -0.05) is 31.5 Å². The fraction of sp³-hybridized carbons (Fsp3) is 0.450. The number of carbonyl (C=O) groups is 1. The molecule has 0 spiro atoms. The summed E-state index contributed by atoms with van der Waals surface area (Å²) in [5.41, 5.74) is 1.82. The van der Waals surface area contributed by atoms with Gasteiger partial charge >= 0.3 is 0 Å². The second kappa shape index (κ2) is 10.0. The molecule has 0 radical (unpaired) electrons. The van der Waals surface area contributed by atoms with Crippen molar-refractivity contribution in [3.63, 3.8) is 0 Å². The number of nitrogens with one attached hydrogen (secondary N) is 1. The highest BCUT2D eigenvalue weighted by atomic mass is 32.2. The summed E-state index contributed by atoms with van der Waals surface area (Å²) in [4.78, 5) is 16.9. The number of nitrogens with zero attached hydrogens (tertiary/aromatic N) is 5. The van der Waals surface area contributed by atoms with Gasteiger partial charge in [0.1, 0.15) is 5.75 Å². The van der Waals surface area contributed by atoms with Crippen LogP contribution in [0.5, 0.6) is 5.75 Å². The molecule has 1 aliphatic rings. The third-order valence-corrected chi connectivity index (χ3v) is 6.53. The van der Waals surface area contributed by atoms with E-state index in [1.807, 2.05) is 34.3 Å². The highest BCUT2D eigenvalue weighted by Crippen LogP contribution is 2.31. The highest BCUT2D eigenvalue weighted by molar-refractivity contribution is 7.99. The van der Waals surface area contributed by atoms with Crippen LogP contribution >= 0.6 is 23.1 Å². The lowest BCUT2D eigenvalue weighted by Crippen LogP contribution is -2.15. The third-order valence-electron chi connectivity index (χ3n) is 4.84. The molecule has 0 bridgehead atoms. The molecule has 1 aromatic carbocycles. The number of anilines is 1. The van der Waals surface area contributed by atoms with Crippen LogP contribution in [0.1, 0.15) is 45.1 Å². The maximum absolute atomic E-state index is 12.4. The third kappa shape index (κ3) is 5.17. The Bertz CT molecular complexity index is 966. The van der Waals surface area contributed by atoms with E-state index >= 15 is 0 Å². The first-order valence-corrected chi connectivity index (χ1v) is 12.0. The number of benzene rings is 1. The minimum atomic E-state index is -0.120. The SMILES string of the molecule is CCCOc1ccc(-c2csc(NC(=O)CSc3nnnn3C3CCCC3)n2)cc1. The van der Waals surface area contributed by atoms with Gasteiger partial charge in [0.25, 0.3) is 0 Å². The summed E-state index contributed by atoms with van der Waals surface area (Å²) in [6, 6.07) is 8.18. The molecule has 158 valence electrons. The largest absolute Gasteiger partial charge is 0.494 e. The summed E-state index contributed by atoms with van der Waals surface area (Å²) in [5.74, 6) is 0.970. The predicted molar refractivity (Wildman–Crippen MR) is 118 cm³/mol. The van der Waals surface area contributed by atoms with E-state index in [-0.39, 0.29) is 11.7 Å². The van der Waals surface area contributed by atoms with Gasteiger partial charge in [-0.15, -0.1) is 16.4 Å². The molecule has 0 atom stereocenters. The molecule has 1 aliphatic carbocycles. The molecule has 2 aromatic heterocycles. The minimum Gasteiger partial charge on any atom is -0.494 e. The number of amides is 1. The monoisotopic (exact) mass is 444 g/mol. The molecule has 2 heterocycles. The van der Waals surface area contributed by atoms with Gasteiger partial charge in [0.05, 0.1) is 24.1 Å². The molecule has 3 aromatic rings. The average Bonchev–Trinajstić information content (AvgIpc) is 3.52. The van der Waals surface area contributed by atoms with Gasteiger partial charge in [-0.05, 0) is 54.0 Å². The van der Waals surface area contributed by atoms with Crippen molar-refractivity contribution in [1.82, 2.24) is 25.2 Å². The van der Waals surface area contributed by atoms with Crippen LogP contribution in [-0.2, 0) is 4.79 Å². The van der Waals surface area contributed by atoms with Gasteiger partial charge in [0.15, 0.2) is 5.13 Å². The van der Waals surface area contributed by atoms with E-state index in [1.165, 1.54) is 35.9 Å². The Morgan fingerprint density at radius 1 is 1.30 bits per heavy atom. The van der Waals surface area contributed by atoms with Crippen molar-refractivity contribution in [2.45, 2.75) is 50.2 Å². The smallest absolute Gasteiger partial charge is 0.236 e. The van der Waals surface area contributed by atoms with E-state index in [2.05, 4.69) is 32.7 Å². The van der Waals surface area contributed by atoms with Crippen LogP contribution in [0.4, 0.5) is 5.13 Å². The second-order valence-electron chi connectivity index (χ2n) is 7.09. The van der Waals surface area contributed by atoms with Crippen LogP contribution in [0.25, 0.3) is 11.3 Å². The quantitative estimate of drug-likeness (QED) is 0.488. The predicted octanol–water partition coefficient (Wildman–Crippen LogP) is 4.43. The second-order valence-corrected chi connectivity index (χ2v) is 8.89. The lowest BCUT2D eigenvalue weighted by Gasteiger charge is -2.10. The molecular formula is C20H24N6O2S2. The molecule has 10 heteroatoms. The number of hydrogen-bond acceptors (Lipinski definition) is 8. The van der Waals surface area contributed by atoms with Crippen molar-refractivity contribution in [2.24, 2.45) is 0 Å². The molecule has 0 saturated heterocycles. The number of rotatable bonds is 9. The number of ether oxygens (including phenoxy) is 1. The Balaban J connectivity index is 1.30. The van der Waals surface area contributed by atoms with E-state index in [0.717, 1.165) is 36.3 Å². The van der Waals surface area contributed by atoms with Gasteiger partial charge in [-0.2, -0.15) is 0 Å².